The second-order valence-corrected chi connectivity index (χ2v) is 6.18. The molecule has 3 aromatic rings. The summed E-state index contributed by atoms with van der Waals surface area (Å²) >= 11 is 0. The minimum Gasteiger partial charge on any atom is -0.459 e. The van der Waals surface area contributed by atoms with Crippen LogP contribution in [0.2, 0.25) is 0 Å². The zero-order valence-corrected chi connectivity index (χ0v) is 12.5. The Labute approximate surface area is 127 Å². The van der Waals surface area contributed by atoms with E-state index in [9.17, 15) is 8.42 Å². The van der Waals surface area contributed by atoms with E-state index in [2.05, 4.69) is 14.9 Å². The minimum atomic E-state index is -3.77. The van der Waals surface area contributed by atoms with Crippen molar-refractivity contribution in [3.8, 4) is 11.7 Å². The van der Waals surface area contributed by atoms with E-state index in [1.165, 1.54) is 18.4 Å². The molecule has 0 saturated heterocycles. The number of rotatable bonds is 5. The van der Waals surface area contributed by atoms with E-state index >= 15 is 0 Å². The van der Waals surface area contributed by atoms with Gasteiger partial charge in [0.15, 0.2) is 5.76 Å². The summed E-state index contributed by atoms with van der Waals surface area (Å²) in [6.07, 6.45) is 2.29. The average molecular weight is 319 g/mol. The van der Waals surface area contributed by atoms with Crippen LogP contribution in [0, 0.1) is 0 Å². The van der Waals surface area contributed by atoms with Crippen LogP contribution >= 0.6 is 0 Å². The fourth-order valence-electron chi connectivity index (χ4n) is 1.84. The largest absolute Gasteiger partial charge is 0.459 e. The molecule has 1 N–H and O–H groups in total. The molecule has 0 atom stereocenters. The van der Waals surface area contributed by atoms with Crippen LogP contribution in [0.3, 0.4) is 0 Å². The first kappa shape index (κ1) is 14.3. The topological polar surface area (TPSA) is 98.2 Å². The fraction of sp³-hybridized carbons (Fsp3) is 0.143. The lowest BCUT2D eigenvalue weighted by Gasteiger charge is -2.04. The molecule has 0 amide bonds. The van der Waals surface area contributed by atoms with Crippen molar-refractivity contribution in [3.05, 3.63) is 48.2 Å². The van der Waals surface area contributed by atoms with Crippen molar-refractivity contribution in [2.75, 3.05) is 4.72 Å². The molecule has 0 fully saturated rings. The summed E-state index contributed by atoms with van der Waals surface area (Å²) in [5.74, 6) is 0.467. The number of sulfonamides is 1. The third-order valence-corrected chi connectivity index (χ3v) is 4.36. The van der Waals surface area contributed by atoms with Crippen molar-refractivity contribution in [2.45, 2.75) is 18.2 Å². The fourth-order valence-corrected chi connectivity index (χ4v) is 2.77. The lowest BCUT2D eigenvalue weighted by Crippen LogP contribution is -2.13. The van der Waals surface area contributed by atoms with Crippen LogP contribution in [-0.4, -0.2) is 18.6 Å². The van der Waals surface area contributed by atoms with Gasteiger partial charge in [0.1, 0.15) is 0 Å². The van der Waals surface area contributed by atoms with E-state index in [0.29, 0.717) is 5.76 Å². The minimum absolute atomic E-state index is 0.101. The number of furan rings is 1. The normalized spacial score (nSPS) is 11.5. The highest BCUT2D eigenvalue weighted by atomic mass is 32.2. The van der Waals surface area contributed by atoms with Gasteiger partial charge in [-0.15, -0.1) is 5.10 Å². The SMILES string of the molecule is CCc1ccc(S(=O)(=O)Nc2nnc(-c3ccco3)o2)cc1. The highest BCUT2D eigenvalue weighted by Gasteiger charge is 2.19. The number of benzene rings is 1. The van der Waals surface area contributed by atoms with Gasteiger partial charge in [-0.2, -0.15) is 0 Å². The van der Waals surface area contributed by atoms with Crippen molar-refractivity contribution in [3.63, 3.8) is 0 Å². The second kappa shape index (κ2) is 5.64. The molecule has 8 heteroatoms. The van der Waals surface area contributed by atoms with E-state index in [-0.39, 0.29) is 16.8 Å². The van der Waals surface area contributed by atoms with E-state index < -0.39 is 10.0 Å². The summed E-state index contributed by atoms with van der Waals surface area (Å²) in [5.41, 5.74) is 1.05. The van der Waals surface area contributed by atoms with E-state index in [1.54, 1.807) is 24.3 Å². The van der Waals surface area contributed by atoms with E-state index in [0.717, 1.165) is 12.0 Å². The monoisotopic (exact) mass is 319 g/mol. The van der Waals surface area contributed by atoms with E-state index in [1.807, 2.05) is 6.92 Å². The maximum atomic E-state index is 12.2. The summed E-state index contributed by atoms with van der Waals surface area (Å²) in [5, 5.41) is 7.38. The number of hydrogen-bond donors (Lipinski definition) is 1. The second-order valence-electron chi connectivity index (χ2n) is 4.49. The molecule has 0 aliphatic carbocycles. The van der Waals surface area contributed by atoms with Crippen LogP contribution in [0.1, 0.15) is 12.5 Å². The Kier molecular flexibility index (Phi) is 3.68. The zero-order valence-electron chi connectivity index (χ0n) is 11.7. The molecule has 0 spiro atoms. The Bertz CT molecular complexity index is 852. The summed E-state index contributed by atoms with van der Waals surface area (Å²) in [6.45, 7) is 2.00. The molecule has 7 nitrogen and oxygen atoms in total. The van der Waals surface area contributed by atoms with Gasteiger partial charge in [0.25, 0.3) is 15.9 Å². The molecule has 3 rings (SSSR count). The molecule has 114 valence electrons. The molecule has 0 radical (unpaired) electrons. The number of aryl methyl sites for hydroxylation is 1. The zero-order chi connectivity index (χ0) is 15.6. The number of nitrogens with zero attached hydrogens (tertiary/aromatic N) is 2. The molecular weight excluding hydrogens is 306 g/mol. The Morgan fingerprint density at radius 3 is 2.55 bits per heavy atom. The van der Waals surface area contributed by atoms with Gasteiger partial charge in [0.2, 0.25) is 0 Å². The number of hydrogen-bond acceptors (Lipinski definition) is 6. The lowest BCUT2D eigenvalue weighted by atomic mass is 10.2. The van der Waals surface area contributed by atoms with Gasteiger partial charge in [-0.25, -0.2) is 13.1 Å². The molecule has 2 heterocycles. The van der Waals surface area contributed by atoms with Gasteiger partial charge in [-0.05, 0) is 36.2 Å². The molecule has 0 saturated carbocycles. The summed E-state index contributed by atoms with van der Waals surface area (Å²) < 4.78 is 37.0. The Morgan fingerprint density at radius 2 is 1.91 bits per heavy atom. The first-order valence-corrected chi connectivity index (χ1v) is 8.06. The van der Waals surface area contributed by atoms with Crippen molar-refractivity contribution >= 4 is 16.0 Å². The van der Waals surface area contributed by atoms with Crippen molar-refractivity contribution in [1.29, 1.82) is 0 Å². The van der Waals surface area contributed by atoms with Crippen LogP contribution in [0.25, 0.3) is 11.7 Å². The van der Waals surface area contributed by atoms with Gasteiger partial charge >= 0.3 is 6.01 Å². The highest BCUT2D eigenvalue weighted by molar-refractivity contribution is 7.92. The molecule has 22 heavy (non-hydrogen) atoms. The van der Waals surface area contributed by atoms with Crippen molar-refractivity contribution in [1.82, 2.24) is 10.2 Å². The van der Waals surface area contributed by atoms with Crippen molar-refractivity contribution in [2.24, 2.45) is 0 Å². The first-order valence-electron chi connectivity index (χ1n) is 6.57. The first-order chi connectivity index (χ1) is 10.6. The maximum absolute atomic E-state index is 12.2. The number of nitrogens with one attached hydrogen (secondary N) is 1. The third-order valence-electron chi connectivity index (χ3n) is 3.02. The van der Waals surface area contributed by atoms with Crippen LogP contribution < -0.4 is 4.72 Å². The molecule has 0 unspecified atom stereocenters. The Morgan fingerprint density at radius 1 is 1.14 bits per heavy atom. The van der Waals surface area contributed by atoms with Gasteiger partial charge in [-0.1, -0.05) is 24.2 Å². The lowest BCUT2D eigenvalue weighted by molar-refractivity contribution is 0.524. The summed E-state index contributed by atoms with van der Waals surface area (Å²) in [7, 11) is -3.77. The third kappa shape index (κ3) is 2.86. The standard InChI is InChI=1S/C14H13N3O4S/c1-2-10-5-7-11(8-6-10)22(18,19)17-14-16-15-13(21-14)12-4-3-9-20-12/h3-9H,2H2,1H3,(H,16,17). The Hall–Kier alpha value is -2.61. The summed E-state index contributed by atoms with van der Waals surface area (Å²) in [6, 6.07) is 9.67. The molecule has 0 aliphatic rings. The van der Waals surface area contributed by atoms with Gasteiger partial charge in [-0.3, -0.25) is 0 Å². The predicted octanol–water partition coefficient (Wildman–Crippen LogP) is 2.69. The van der Waals surface area contributed by atoms with Crippen molar-refractivity contribution < 1.29 is 17.3 Å². The van der Waals surface area contributed by atoms with Crippen LogP contribution in [0.4, 0.5) is 6.01 Å². The molecule has 2 aromatic heterocycles. The molecule has 0 bridgehead atoms. The van der Waals surface area contributed by atoms with Crippen LogP contribution in [0.15, 0.2) is 56.4 Å². The quantitative estimate of drug-likeness (QED) is 0.776. The van der Waals surface area contributed by atoms with Crippen LogP contribution in [-0.2, 0) is 16.4 Å². The average Bonchev–Trinajstić information content (AvgIpc) is 3.18. The predicted molar refractivity (Wildman–Crippen MR) is 78.6 cm³/mol. The van der Waals surface area contributed by atoms with Gasteiger partial charge < -0.3 is 8.83 Å². The smallest absolute Gasteiger partial charge is 0.330 e. The number of aromatic nitrogens is 2. The van der Waals surface area contributed by atoms with E-state index in [4.69, 9.17) is 8.83 Å². The Balaban J connectivity index is 1.82. The number of anilines is 1. The summed E-state index contributed by atoms with van der Waals surface area (Å²) in [4.78, 5) is 0.127. The molecule has 0 aliphatic heterocycles. The maximum Gasteiger partial charge on any atom is 0.330 e. The molecule has 1 aromatic carbocycles. The van der Waals surface area contributed by atoms with Gasteiger partial charge in [0, 0.05) is 0 Å². The highest BCUT2D eigenvalue weighted by Crippen LogP contribution is 2.22. The molecular formula is C14H13N3O4S. The van der Waals surface area contributed by atoms with Crippen LogP contribution in [0.5, 0.6) is 0 Å². The van der Waals surface area contributed by atoms with Gasteiger partial charge in [0.05, 0.1) is 11.2 Å².